The van der Waals surface area contributed by atoms with Gasteiger partial charge in [0.25, 0.3) is 0 Å². The summed E-state index contributed by atoms with van der Waals surface area (Å²) in [4.78, 5) is 4.08. The van der Waals surface area contributed by atoms with Crippen LogP contribution in [0.5, 0.6) is 0 Å². The summed E-state index contributed by atoms with van der Waals surface area (Å²) in [7, 11) is 0. The summed E-state index contributed by atoms with van der Waals surface area (Å²) in [5, 5.41) is 13.2. The van der Waals surface area contributed by atoms with Gasteiger partial charge in [0, 0.05) is 28.5 Å². The molecule has 0 unspecified atom stereocenters. The van der Waals surface area contributed by atoms with Crippen molar-refractivity contribution in [3.05, 3.63) is 66.3 Å². The fourth-order valence-electron chi connectivity index (χ4n) is 2.44. The molecule has 0 fully saturated rings. The standard InChI is InChI=1S/C16H10ClN5/c17-13-3-1-11(2-4-13)14-9-20-22-10-19-21-16(22)15(14)12-5-7-18-8-6-12/h1-10H. The van der Waals surface area contributed by atoms with Crippen LogP contribution in [0.15, 0.2) is 61.3 Å². The number of aromatic nitrogens is 5. The summed E-state index contributed by atoms with van der Waals surface area (Å²) in [6, 6.07) is 11.6. The molecule has 0 bridgehead atoms. The van der Waals surface area contributed by atoms with E-state index in [4.69, 9.17) is 11.6 Å². The minimum atomic E-state index is 0.700. The van der Waals surface area contributed by atoms with E-state index in [1.807, 2.05) is 42.6 Å². The van der Waals surface area contributed by atoms with Crippen LogP contribution in [-0.2, 0) is 0 Å². The van der Waals surface area contributed by atoms with Crippen molar-refractivity contribution >= 4 is 17.2 Å². The zero-order valence-corrected chi connectivity index (χ0v) is 12.1. The Morgan fingerprint density at radius 3 is 2.45 bits per heavy atom. The number of nitrogens with zero attached hydrogens (tertiary/aromatic N) is 5. The summed E-state index contributed by atoms with van der Waals surface area (Å²) in [6.07, 6.45) is 6.92. The van der Waals surface area contributed by atoms with Gasteiger partial charge in [-0.1, -0.05) is 23.7 Å². The quantitative estimate of drug-likeness (QED) is 0.568. The van der Waals surface area contributed by atoms with Gasteiger partial charge in [-0.2, -0.15) is 9.61 Å². The third kappa shape index (κ3) is 2.12. The fourth-order valence-corrected chi connectivity index (χ4v) is 2.56. The van der Waals surface area contributed by atoms with Gasteiger partial charge in [-0.05, 0) is 35.4 Å². The second-order valence-corrected chi connectivity index (χ2v) is 5.21. The molecular formula is C16H10ClN5. The molecule has 0 N–H and O–H groups in total. The highest BCUT2D eigenvalue weighted by Gasteiger charge is 2.14. The lowest BCUT2D eigenvalue weighted by molar-refractivity contribution is 0.929. The molecule has 0 atom stereocenters. The highest BCUT2D eigenvalue weighted by Crippen LogP contribution is 2.34. The van der Waals surface area contributed by atoms with Crippen LogP contribution in [0.3, 0.4) is 0 Å². The lowest BCUT2D eigenvalue weighted by atomic mass is 9.98. The predicted molar refractivity (Wildman–Crippen MR) is 84.5 cm³/mol. The van der Waals surface area contributed by atoms with Crippen molar-refractivity contribution in [3.63, 3.8) is 0 Å². The van der Waals surface area contributed by atoms with Gasteiger partial charge in [0.05, 0.1) is 6.20 Å². The van der Waals surface area contributed by atoms with Crippen LogP contribution in [0.2, 0.25) is 5.02 Å². The van der Waals surface area contributed by atoms with E-state index in [0.29, 0.717) is 10.7 Å². The van der Waals surface area contributed by atoms with Gasteiger partial charge >= 0.3 is 0 Å². The van der Waals surface area contributed by atoms with E-state index in [9.17, 15) is 0 Å². The van der Waals surface area contributed by atoms with Gasteiger partial charge in [0.1, 0.15) is 6.33 Å². The third-order valence-electron chi connectivity index (χ3n) is 3.46. The number of fused-ring (bicyclic) bond motifs is 1. The topological polar surface area (TPSA) is 56.0 Å². The molecule has 106 valence electrons. The van der Waals surface area contributed by atoms with Crippen LogP contribution in [-0.4, -0.2) is 24.8 Å². The normalized spacial score (nSPS) is 11.0. The number of pyridine rings is 1. The molecule has 3 heterocycles. The lowest BCUT2D eigenvalue weighted by Crippen LogP contribution is -1.96. The van der Waals surface area contributed by atoms with Gasteiger partial charge in [-0.25, -0.2) is 0 Å². The summed E-state index contributed by atoms with van der Waals surface area (Å²) in [5.41, 5.74) is 4.69. The Bertz CT molecular complexity index is 932. The van der Waals surface area contributed by atoms with Gasteiger partial charge in [-0.15, -0.1) is 10.2 Å². The van der Waals surface area contributed by atoms with E-state index in [1.54, 1.807) is 23.2 Å². The summed E-state index contributed by atoms with van der Waals surface area (Å²) >= 11 is 5.98. The van der Waals surface area contributed by atoms with Crippen LogP contribution in [0.25, 0.3) is 27.9 Å². The minimum absolute atomic E-state index is 0.700. The SMILES string of the molecule is Clc1ccc(-c2cnn3cnnc3c2-c2ccncc2)cc1. The molecule has 6 heteroatoms. The molecule has 0 amide bonds. The maximum absolute atomic E-state index is 5.98. The second kappa shape index (κ2) is 5.20. The predicted octanol–water partition coefficient (Wildman–Crippen LogP) is 3.51. The maximum atomic E-state index is 5.98. The molecule has 0 saturated carbocycles. The van der Waals surface area contributed by atoms with Gasteiger partial charge in [-0.3, -0.25) is 4.98 Å². The number of benzene rings is 1. The summed E-state index contributed by atoms with van der Waals surface area (Å²) in [5.74, 6) is 0. The van der Waals surface area contributed by atoms with Crippen molar-refractivity contribution in [2.75, 3.05) is 0 Å². The Hall–Kier alpha value is -2.79. The number of rotatable bonds is 2. The van der Waals surface area contributed by atoms with E-state index >= 15 is 0 Å². The largest absolute Gasteiger partial charge is 0.265 e. The van der Waals surface area contributed by atoms with E-state index in [1.165, 1.54) is 0 Å². The van der Waals surface area contributed by atoms with Crippen molar-refractivity contribution in [3.8, 4) is 22.3 Å². The molecule has 0 saturated heterocycles. The monoisotopic (exact) mass is 307 g/mol. The Balaban J connectivity index is 2.04. The zero-order valence-electron chi connectivity index (χ0n) is 11.4. The van der Waals surface area contributed by atoms with E-state index in [0.717, 1.165) is 22.3 Å². The van der Waals surface area contributed by atoms with E-state index in [2.05, 4.69) is 20.3 Å². The highest BCUT2D eigenvalue weighted by molar-refractivity contribution is 6.30. The molecule has 5 nitrogen and oxygen atoms in total. The Labute approximate surface area is 131 Å². The summed E-state index contributed by atoms with van der Waals surface area (Å²) < 4.78 is 1.66. The van der Waals surface area contributed by atoms with Crippen LogP contribution >= 0.6 is 11.6 Å². The van der Waals surface area contributed by atoms with E-state index < -0.39 is 0 Å². The molecule has 4 aromatic rings. The zero-order chi connectivity index (χ0) is 14.9. The Morgan fingerprint density at radius 1 is 0.909 bits per heavy atom. The van der Waals surface area contributed by atoms with Crippen molar-refractivity contribution < 1.29 is 0 Å². The van der Waals surface area contributed by atoms with E-state index in [-0.39, 0.29) is 0 Å². The van der Waals surface area contributed by atoms with Gasteiger partial charge in [0.15, 0.2) is 5.65 Å². The van der Waals surface area contributed by atoms with Gasteiger partial charge in [0.2, 0.25) is 0 Å². The first kappa shape index (κ1) is 12.9. The minimum Gasteiger partial charge on any atom is -0.265 e. The lowest BCUT2D eigenvalue weighted by Gasteiger charge is -2.10. The molecule has 1 aromatic carbocycles. The van der Waals surface area contributed by atoms with Crippen LogP contribution in [0.1, 0.15) is 0 Å². The molecule has 0 spiro atoms. The Morgan fingerprint density at radius 2 is 1.68 bits per heavy atom. The van der Waals surface area contributed by atoms with Crippen molar-refractivity contribution in [1.29, 1.82) is 0 Å². The summed E-state index contributed by atoms with van der Waals surface area (Å²) in [6.45, 7) is 0. The highest BCUT2D eigenvalue weighted by atomic mass is 35.5. The molecule has 0 aliphatic heterocycles. The average molecular weight is 308 g/mol. The second-order valence-electron chi connectivity index (χ2n) is 4.78. The first-order chi connectivity index (χ1) is 10.8. The number of hydrogen-bond donors (Lipinski definition) is 0. The smallest absolute Gasteiger partial charge is 0.185 e. The Kier molecular flexibility index (Phi) is 3.05. The first-order valence-corrected chi connectivity index (χ1v) is 7.06. The molecule has 4 rings (SSSR count). The molecular weight excluding hydrogens is 298 g/mol. The molecule has 0 aliphatic rings. The average Bonchev–Trinajstić information content (AvgIpc) is 3.04. The first-order valence-electron chi connectivity index (χ1n) is 6.68. The molecule has 0 radical (unpaired) electrons. The van der Waals surface area contributed by atoms with Crippen LogP contribution < -0.4 is 0 Å². The van der Waals surface area contributed by atoms with Crippen molar-refractivity contribution in [1.82, 2.24) is 24.8 Å². The van der Waals surface area contributed by atoms with Gasteiger partial charge < -0.3 is 0 Å². The molecule has 0 aliphatic carbocycles. The number of hydrogen-bond acceptors (Lipinski definition) is 4. The van der Waals surface area contributed by atoms with Crippen LogP contribution in [0.4, 0.5) is 0 Å². The van der Waals surface area contributed by atoms with Crippen molar-refractivity contribution in [2.24, 2.45) is 0 Å². The third-order valence-corrected chi connectivity index (χ3v) is 3.71. The molecule has 3 aromatic heterocycles. The number of halogens is 1. The van der Waals surface area contributed by atoms with Crippen molar-refractivity contribution in [2.45, 2.75) is 0 Å². The fraction of sp³-hybridized carbons (Fsp3) is 0. The van der Waals surface area contributed by atoms with Crippen LogP contribution in [0, 0.1) is 0 Å². The molecule has 22 heavy (non-hydrogen) atoms. The maximum Gasteiger partial charge on any atom is 0.185 e.